The molecule has 19 heavy (non-hydrogen) atoms. The second-order valence-electron chi connectivity index (χ2n) is 4.26. The van der Waals surface area contributed by atoms with E-state index in [1.165, 1.54) is 6.07 Å². The molecule has 98 valence electrons. The number of carbonyl (C=O) groups is 1. The second-order valence-corrected chi connectivity index (χ2v) is 4.26. The molecule has 0 bridgehead atoms. The first kappa shape index (κ1) is 13.2. The molecule has 0 radical (unpaired) electrons. The number of hydrogen-bond acceptors (Lipinski definition) is 3. The molecule has 3 nitrogen and oxygen atoms in total. The van der Waals surface area contributed by atoms with Crippen molar-refractivity contribution >= 4 is 5.97 Å². The van der Waals surface area contributed by atoms with E-state index in [-0.39, 0.29) is 5.82 Å². The van der Waals surface area contributed by atoms with Crippen LogP contribution in [0.15, 0.2) is 48.5 Å². The van der Waals surface area contributed by atoms with E-state index in [1.807, 2.05) is 30.3 Å². The zero-order chi connectivity index (χ0) is 13.8. The maximum Gasteiger partial charge on any atom is 0.331 e. The van der Waals surface area contributed by atoms with Crippen LogP contribution >= 0.6 is 0 Å². The Morgan fingerprint density at radius 1 is 1.21 bits per heavy atom. The molecule has 0 saturated heterocycles. The van der Waals surface area contributed by atoms with Crippen molar-refractivity contribution in [3.63, 3.8) is 0 Å². The molecule has 2 aromatic carbocycles. The summed E-state index contributed by atoms with van der Waals surface area (Å²) in [6.07, 6.45) is 0. The third-order valence-corrected chi connectivity index (χ3v) is 3.05. The molecule has 0 amide bonds. The van der Waals surface area contributed by atoms with Crippen LogP contribution in [0.25, 0.3) is 11.1 Å². The summed E-state index contributed by atoms with van der Waals surface area (Å²) in [5.74, 6) is 3.27. The molecular weight excluding hydrogens is 245 g/mol. The van der Waals surface area contributed by atoms with Gasteiger partial charge in [0.05, 0.1) is 5.92 Å². The van der Waals surface area contributed by atoms with Crippen LogP contribution in [-0.4, -0.2) is 5.97 Å². The van der Waals surface area contributed by atoms with Gasteiger partial charge >= 0.3 is 5.97 Å². The fourth-order valence-corrected chi connectivity index (χ4v) is 1.89. The Kier molecular flexibility index (Phi) is 3.92. The molecule has 0 spiro atoms. The summed E-state index contributed by atoms with van der Waals surface area (Å²) in [5, 5.41) is 0. The molecular formula is C15H14FNO2. The summed E-state index contributed by atoms with van der Waals surface area (Å²) in [7, 11) is 0. The lowest BCUT2D eigenvalue weighted by Crippen LogP contribution is -2.17. The van der Waals surface area contributed by atoms with Gasteiger partial charge in [-0.2, -0.15) is 5.90 Å². The van der Waals surface area contributed by atoms with Crippen molar-refractivity contribution in [3.8, 4) is 11.1 Å². The Labute approximate surface area is 110 Å². The van der Waals surface area contributed by atoms with E-state index in [0.29, 0.717) is 11.1 Å². The predicted molar refractivity (Wildman–Crippen MR) is 70.5 cm³/mol. The molecule has 2 rings (SSSR count). The molecule has 0 heterocycles. The summed E-state index contributed by atoms with van der Waals surface area (Å²) >= 11 is 0. The quantitative estimate of drug-likeness (QED) is 0.862. The maximum atomic E-state index is 14.1. The molecule has 0 aliphatic rings. The van der Waals surface area contributed by atoms with Crippen molar-refractivity contribution < 1.29 is 14.0 Å². The zero-order valence-electron chi connectivity index (χ0n) is 10.5. The van der Waals surface area contributed by atoms with Crippen LogP contribution in [0.3, 0.4) is 0 Å². The lowest BCUT2D eigenvalue weighted by atomic mass is 9.97. The topological polar surface area (TPSA) is 52.3 Å². The third kappa shape index (κ3) is 2.80. The molecule has 2 aromatic rings. The van der Waals surface area contributed by atoms with E-state index in [2.05, 4.69) is 4.84 Å². The highest BCUT2D eigenvalue weighted by Gasteiger charge is 2.17. The van der Waals surface area contributed by atoms with E-state index >= 15 is 0 Å². The van der Waals surface area contributed by atoms with Crippen molar-refractivity contribution in [1.29, 1.82) is 0 Å². The minimum atomic E-state index is -0.593. The summed E-state index contributed by atoms with van der Waals surface area (Å²) in [6, 6.07) is 13.9. The highest BCUT2D eigenvalue weighted by molar-refractivity contribution is 5.77. The van der Waals surface area contributed by atoms with Gasteiger partial charge in [0.1, 0.15) is 5.82 Å². The van der Waals surface area contributed by atoms with Crippen molar-refractivity contribution in [1.82, 2.24) is 0 Å². The highest BCUT2D eigenvalue weighted by atomic mass is 19.1. The van der Waals surface area contributed by atoms with E-state index in [1.54, 1.807) is 19.1 Å². The predicted octanol–water partition coefficient (Wildman–Crippen LogP) is 3.01. The first-order valence-electron chi connectivity index (χ1n) is 5.89. The largest absolute Gasteiger partial charge is 0.373 e. The minimum Gasteiger partial charge on any atom is -0.373 e. The Morgan fingerprint density at radius 3 is 2.47 bits per heavy atom. The first-order valence-corrected chi connectivity index (χ1v) is 5.89. The Morgan fingerprint density at radius 2 is 1.89 bits per heavy atom. The third-order valence-electron chi connectivity index (χ3n) is 3.05. The number of halogens is 1. The standard InChI is InChI=1S/C15H14FNO2/c1-10(15(18)19-17)12-7-8-13(14(16)9-12)11-5-3-2-4-6-11/h2-10H,17H2,1H3. The summed E-state index contributed by atoms with van der Waals surface area (Å²) in [5.41, 5.74) is 1.82. The van der Waals surface area contributed by atoms with Gasteiger partial charge < -0.3 is 4.84 Å². The minimum absolute atomic E-state index is 0.375. The number of benzene rings is 2. The zero-order valence-corrected chi connectivity index (χ0v) is 10.5. The van der Waals surface area contributed by atoms with Gasteiger partial charge in [0.15, 0.2) is 0 Å². The number of rotatable bonds is 3. The molecule has 0 aliphatic heterocycles. The SMILES string of the molecule is CC(C(=O)ON)c1ccc(-c2ccccc2)c(F)c1. The van der Waals surface area contributed by atoms with Crippen molar-refractivity contribution in [2.24, 2.45) is 5.90 Å². The molecule has 0 aromatic heterocycles. The van der Waals surface area contributed by atoms with E-state index < -0.39 is 11.9 Å². The average Bonchev–Trinajstić information content (AvgIpc) is 2.46. The van der Waals surface area contributed by atoms with Crippen LogP contribution in [0.5, 0.6) is 0 Å². The Hall–Kier alpha value is -2.20. The van der Waals surface area contributed by atoms with Gasteiger partial charge in [0.25, 0.3) is 0 Å². The van der Waals surface area contributed by atoms with Crippen LogP contribution in [0.4, 0.5) is 4.39 Å². The average molecular weight is 259 g/mol. The number of nitrogens with two attached hydrogens (primary N) is 1. The number of hydrogen-bond donors (Lipinski definition) is 1. The Balaban J connectivity index is 2.35. The van der Waals surface area contributed by atoms with Gasteiger partial charge in [-0.15, -0.1) is 0 Å². The summed E-state index contributed by atoms with van der Waals surface area (Å²) in [4.78, 5) is 15.5. The van der Waals surface area contributed by atoms with Crippen LogP contribution in [0, 0.1) is 5.82 Å². The van der Waals surface area contributed by atoms with Crippen LogP contribution in [-0.2, 0) is 9.63 Å². The van der Waals surface area contributed by atoms with Gasteiger partial charge in [-0.1, -0.05) is 42.5 Å². The van der Waals surface area contributed by atoms with Crippen molar-refractivity contribution in [2.45, 2.75) is 12.8 Å². The van der Waals surface area contributed by atoms with Crippen LogP contribution in [0.1, 0.15) is 18.4 Å². The highest BCUT2D eigenvalue weighted by Crippen LogP contribution is 2.26. The maximum absolute atomic E-state index is 14.1. The normalized spacial score (nSPS) is 11.9. The molecule has 0 aliphatic carbocycles. The lowest BCUT2D eigenvalue weighted by Gasteiger charge is -2.11. The van der Waals surface area contributed by atoms with Gasteiger partial charge in [-0.3, -0.25) is 0 Å². The monoisotopic (exact) mass is 259 g/mol. The fourth-order valence-electron chi connectivity index (χ4n) is 1.89. The second kappa shape index (κ2) is 5.63. The molecule has 1 unspecified atom stereocenters. The van der Waals surface area contributed by atoms with E-state index in [0.717, 1.165) is 5.56 Å². The molecule has 0 saturated carbocycles. The van der Waals surface area contributed by atoms with Crippen LogP contribution < -0.4 is 5.90 Å². The Bertz CT molecular complexity index is 584. The molecule has 4 heteroatoms. The van der Waals surface area contributed by atoms with E-state index in [4.69, 9.17) is 5.90 Å². The van der Waals surface area contributed by atoms with Crippen molar-refractivity contribution in [3.05, 3.63) is 59.9 Å². The number of carbonyl (C=O) groups excluding carboxylic acids is 1. The molecule has 2 N–H and O–H groups in total. The molecule has 0 fully saturated rings. The smallest absolute Gasteiger partial charge is 0.331 e. The van der Waals surface area contributed by atoms with Crippen molar-refractivity contribution in [2.75, 3.05) is 0 Å². The van der Waals surface area contributed by atoms with E-state index in [9.17, 15) is 9.18 Å². The first-order chi connectivity index (χ1) is 9.13. The van der Waals surface area contributed by atoms with Crippen LogP contribution in [0.2, 0.25) is 0 Å². The lowest BCUT2D eigenvalue weighted by molar-refractivity contribution is -0.145. The summed E-state index contributed by atoms with van der Waals surface area (Å²) in [6.45, 7) is 1.62. The molecule has 1 atom stereocenters. The fraction of sp³-hybridized carbons (Fsp3) is 0.133. The van der Waals surface area contributed by atoms with Gasteiger partial charge in [0.2, 0.25) is 0 Å². The van der Waals surface area contributed by atoms with Gasteiger partial charge in [-0.05, 0) is 24.1 Å². The van der Waals surface area contributed by atoms with Gasteiger partial charge in [0, 0.05) is 5.56 Å². The van der Waals surface area contributed by atoms with Gasteiger partial charge in [-0.25, -0.2) is 9.18 Å². The summed E-state index contributed by atoms with van der Waals surface area (Å²) < 4.78 is 14.1.